The summed E-state index contributed by atoms with van der Waals surface area (Å²) < 4.78 is 0. The topological polar surface area (TPSA) is 55.1 Å². The second-order valence-corrected chi connectivity index (χ2v) is 6.26. The molecule has 0 aliphatic heterocycles. The number of hydrogen-bond acceptors (Lipinski definition) is 2. The fourth-order valence-corrected chi connectivity index (χ4v) is 4.38. The number of nitrogens with two attached hydrogens (primary N) is 1. The third-order valence-corrected chi connectivity index (χ3v) is 5.38. The van der Waals surface area contributed by atoms with Crippen LogP contribution in [-0.2, 0) is 4.79 Å². The first-order chi connectivity index (χ1) is 8.22. The third kappa shape index (κ3) is 1.88. The molecular formula is C14H24N2O. The number of hydrogen-bond donors (Lipinski definition) is 2. The summed E-state index contributed by atoms with van der Waals surface area (Å²) in [5.74, 6) is 3.98. The molecule has 3 aliphatic carbocycles. The third-order valence-electron chi connectivity index (χ3n) is 5.38. The Labute approximate surface area is 104 Å². The van der Waals surface area contributed by atoms with Crippen LogP contribution >= 0.6 is 0 Å². The van der Waals surface area contributed by atoms with Crippen LogP contribution in [0.3, 0.4) is 0 Å². The summed E-state index contributed by atoms with van der Waals surface area (Å²) in [5, 5.41) is 3.09. The minimum absolute atomic E-state index is 0.241. The fraction of sp³-hybridized carbons (Fsp3) is 0.929. The molecule has 0 spiro atoms. The normalized spacial score (nSPS) is 43.3. The second-order valence-electron chi connectivity index (χ2n) is 6.26. The lowest BCUT2D eigenvalue weighted by molar-refractivity contribution is -0.123. The maximum atomic E-state index is 12.1. The maximum Gasteiger partial charge on any atom is 0.223 e. The molecule has 3 aliphatic rings. The minimum atomic E-state index is 0.241. The quantitative estimate of drug-likeness (QED) is 0.760. The van der Waals surface area contributed by atoms with Crippen LogP contribution in [0.4, 0.5) is 0 Å². The maximum absolute atomic E-state index is 12.1. The van der Waals surface area contributed by atoms with E-state index in [1.165, 1.54) is 19.3 Å². The van der Waals surface area contributed by atoms with E-state index in [2.05, 4.69) is 12.2 Å². The van der Waals surface area contributed by atoms with E-state index in [9.17, 15) is 4.79 Å². The molecule has 3 N–H and O–H groups in total. The van der Waals surface area contributed by atoms with Gasteiger partial charge in [0.2, 0.25) is 5.91 Å². The number of carbonyl (C=O) groups is 1. The molecule has 5 atom stereocenters. The molecule has 0 saturated heterocycles. The number of carbonyl (C=O) groups excluding carboxylic acids is 1. The molecule has 3 rings (SSSR count). The first-order valence-electron chi connectivity index (χ1n) is 7.25. The van der Waals surface area contributed by atoms with E-state index in [1.54, 1.807) is 0 Å². The Kier molecular flexibility index (Phi) is 2.89. The number of amides is 1. The highest BCUT2D eigenvalue weighted by atomic mass is 16.2. The number of rotatable bonds is 5. The smallest absolute Gasteiger partial charge is 0.223 e. The van der Waals surface area contributed by atoms with Gasteiger partial charge in [-0.2, -0.15) is 0 Å². The lowest BCUT2D eigenvalue weighted by atomic mass is 10.0. The Hall–Kier alpha value is -0.570. The molecule has 3 nitrogen and oxygen atoms in total. The van der Waals surface area contributed by atoms with Gasteiger partial charge in [-0.25, -0.2) is 0 Å². The highest BCUT2D eigenvalue weighted by Gasteiger charge is 2.67. The van der Waals surface area contributed by atoms with Crippen LogP contribution in [0, 0.1) is 29.6 Å². The van der Waals surface area contributed by atoms with E-state index in [-0.39, 0.29) is 6.04 Å². The average Bonchev–Trinajstić information content (AvgIpc) is 2.78. The monoisotopic (exact) mass is 236 g/mol. The number of fused-ring (bicyclic) bond motifs is 5. The fourth-order valence-electron chi connectivity index (χ4n) is 4.38. The largest absolute Gasteiger partial charge is 0.356 e. The van der Waals surface area contributed by atoms with Gasteiger partial charge >= 0.3 is 0 Å². The molecule has 2 bridgehead atoms. The SMILES string of the molecule is CCC(N)CCNC(=O)C1C2C3CCC(C3)C12. The summed E-state index contributed by atoms with van der Waals surface area (Å²) in [7, 11) is 0. The van der Waals surface area contributed by atoms with Gasteiger partial charge in [0.15, 0.2) is 0 Å². The minimum Gasteiger partial charge on any atom is -0.356 e. The van der Waals surface area contributed by atoms with E-state index >= 15 is 0 Å². The summed E-state index contributed by atoms with van der Waals surface area (Å²) in [5.41, 5.74) is 5.85. The van der Waals surface area contributed by atoms with E-state index in [0.717, 1.165) is 43.1 Å². The predicted octanol–water partition coefficient (Wildman–Crippen LogP) is 1.52. The van der Waals surface area contributed by atoms with E-state index in [0.29, 0.717) is 11.8 Å². The Bertz CT molecular complexity index is 301. The highest BCUT2D eigenvalue weighted by Crippen LogP contribution is 2.69. The van der Waals surface area contributed by atoms with Crippen LogP contribution in [0.25, 0.3) is 0 Å². The van der Waals surface area contributed by atoms with Gasteiger partial charge in [-0.05, 0) is 55.8 Å². The van der Waals surface area contributed by atoms with Gasteiger partial charge in [0.1, 0.15) is 0 Å². The van der Waals surface area contributed by atoms with Crippen molar-refractivity contribution in [2.75, 3.05) is 6.54 Å². The molecule has 3 saturated carbocycles. The molecule has 17 heavy (non-hydrogen) atoms. The Morgan fingerprint density at radius 2 is 2.00 bits per heavy atom. The first kappa shape index (κ1) is 11.5. The molecule has 5 unspecified atom stereocenters. The highest BCUT2D eigenvalue weighted by molar-refractivity contribution is 5.82. The van der Waals surface area contributed by atoms with Gasteiger partial charge in [-0.15, -0.1) is 0 Å². The summed E-state index contributed by atoms with van der Waals surface area (Å²) in [6.07, 6.45) is 6.10. The lowest BCUT2D eigenvalue weighted by Crippen LogP contribution is -2.32. The van der Waals surface area contributed by atoms with Crippen LogP contribution in [0.5, 0.6) is 0 Å². The molecule has 1 amide bonds. The van der Waals surface area contributed by atoms with Crippen molar-refractivity contribution in [1.82, 2.24) is 5.32 Å². The molecule has 0 aromatic carbocycles. The molecular weight excluding hydrogens is 212 g/mol. The first-order valence-corrected chi connectivity index (χ1v) is 7.25. The summed E-state index contributed by atoms with van der Waals surface area (Å²) >= 11 is 0. The Morgan fingerprint density at radius 3 is 2.59 bits per heavy atom. The van der Waals surface area contributed by atoms with Crippen molar-refractivity contribution in [2.24, 2.45) is 35.3 Å². The van der Waals surface area contributed by atoms with Gasteiger partial charge in [0, 0.05) is 18.5 Å². The molecule has 0 aromatic heterocycles. The molecule has 0 heterocycles. The zero-order valence-corrected chi connectivity index (χ0v) is 10.7. The zero-order chi connectivity index (χ0) is 12.0. The van der Waals surface area contributed by atoms with Crippen LogP contribution in [0.1, 0.15) is 39.0 Å². The van der Waals surface area contributed by atoms with Crippen LogP contribution in [0.2, 0.25) is 0 Å². The van der Waals surface area contributed by atoms with Crippen molar-refractivity contribution in [3.05, 3.63) is 0 Å². The lowest BCUT2D eigenvalue weighted by Gasteiger charge is -2.11. The van der Waals surface area contributed by atoms with Gasteiger partial charge in [-0.3, -0.25) is 4.79 Å². The number of nitrogens with one attached hydrogen (secondary N) is 1. The Balaban J connectivity index is 1.43. The van der Waals surface area contributed by atoms with Crippen LogP contribution < -0.4 is 11.1 Å². The van der Waals surface area contributed by atoms with Crippen molar-refractivity contribution >= 4 is 5.91 Å². The van der Waals surface area contributed by atoms with Crippen LogP contribution in [-0.4, -0.2) is 18.5 Å². The second kappa shape index (κ2) is 4.27. The van der Waals surface area contributed by atoms with Crippen molar-refractivity contribution < 1.29 is 4.79 Å². The molecule has 0 aromatic rings. The van der Waals surface area contributed by atoms with Crippen molar-refractivity contribution in [3.8, 4) is 0 Å². The van der Waals surface area contributed by atoms with Gasteiger partial charge in [0.05, 0.1) is 0 Å². The van der Waals surface area contributed by atoms with Crippen molar-refractivity contribution in [3.63, 3.8) is 0 Å². The van der Waals surface area contributed by atoms with Crippen molar-refractivity contribution in [2.45, 2.75) is 45.1 Å². The molecule has 3 heteroatoms. The standard InChI is InChI=1S/C14H24N2O/c1-2-10(15)5-6-16-14(17)13-11-8-3-4-9(7-8)12(11)13/h8-13H,2-7,15H2,1H3,(H,16,17). The van der Waals surface area contributed by atoms with Gasteiger partial charge in [0.25, 0.3) is 0 Å². The molecule has 0 radical (unpaired) electrons. The van der Waals surface area contributed by atoms with E-state index in [4.69, 9.17) is 5.73 Å². The Morgan fingerprint density at radius 1 is 1.35 bits per heavy atom. The van der Waals surface area contributed by atoms with Crippen LogP contribution in [0.15, 0.2) is 0 Å². The summed E-state index contributed by atoms with van der Waals surface area (Å²) in [4.78, 5) is 12.1. The molecule has 96 valence electrons. The van der Waals surface area contributed by atoms with E-state index < -0.39 is 0 Å². The summed E-state index contributed by atoms with van der Waals surface area (Å²) in [6, 6.07) is 0.241. The van der Waals surface area contributed by atoms with Crippen molar-refractivity contribution in [1.29, 1.82) is 0 Å². The average molecular weight is 236 g/mol. The van der Waals surface area contributed by atoms with Gasteiger partial charge in [-0.1, -0.05) is 6.92 Å². The zero-order valence-electron chi connectivity index (χ0n) is 10.7. The molecule has 3 fully saturated rings. The van der Waals surface area contributed by atoms with Gasteiger partial charge < -0.3 is 11.1 Å². The summed E-state index contributed by atoms with van der Waals surface area (Å²) in [6.45, 7) is 2.86. The van der Waals surface area contributed by atoms with E-state index in [1.807, 2.05) is 0 Å². The predicted molar refractivity (Wildman–Crippen MR) is 67.2 cm³/mol.